The number of hydrogen-bond donors (Lipinski definition) is 1. The largest absolute Gasteiger partial charge is 0.496 e. The van der Waals surface area contributed by atoms with E-state index >= 15 is 0 Å². The molecule has 2 amide bonds. The zero-order valence-electron chi connectivity index (χ0n) is 18.8. The zero-order valence-corrected chi connectivity index (χ0v) is 19.6. The minimum atomic E-state index is -0.198. The number of amides is 2. The van der Waals surface area contributed by atoms with Crippen molar-refractivity contribution in [1.82, 2.24) is 10.2 Å². The fourth-order valence-corrected chi connectivity index (χ4v) is 4.78. The van der Waals surface area contributed by atoms with Crippen molar-refractivity contribution in [2.24, 2.45) is 5.41 Å². The molecule has 0 aromatic heterocycles. The summed E-state index contributed by atoms with van der Waals surface area (Å²) in [7, 11) is 1.74. The molecule has 1 aliphatic heterocycles. The van der Waals surface area contributed by atoms with Crippen LogP contribution in [-0.4, -0.2) is 42.5 Å². The molecule has 0 radical (unpaired) electrons. The molecule has 1 aliphatic carbocycles. The molecule has 1 fully saturated rings. The van der Waals surface area contributed by atoms with Crippen LogP contribution in [0.3, 0.4) is 0 Å². The first-order valence-electron chi connectivity index (χ1n) is 11.1. The Balaban J connectivity index is 0.00000320. The number of carbonyl (C=O) groups is 2. The lowest BCUT2D eigenvalue weighted by Crippen LogP contribution is -2.47. The van der Waals surface area contributed by atoms with Gasteiger partial charge in [-0.3, -0.25) is 14.5 Å². The normalized spacial score (nSPS) is 21.6. The third-order valence-corrected chi connectivity index (χ3v) is 6.42. The first kappa shape index (κ1) is 24.7. The van der Waals surface area contributed by atoms with E-state index in [1.807, 2.05) is 19.9 Å². The fraction of sp³-hybridized carbons (Fsp3) is 0.667. The third kappa shape index (κ3) is 5.98. The Morgan fingerprint density at radius 1 is 1.23 bits per heavy atom. The van der Waals surface area contributed by atoms with Crippen molar-refractivity contribution in [3.63, 3.8) is 0 Å². The van der Waals surface area contributed by atoms with Crippen LogP contribution in [0.15, 0.2) is 18.2 Å². The van der Waals surface area contributed by atoms with E-state index in [0.717, 1.165) is 44.3 Å². The first-order valence-corrected chi connectivity index (χ1v) is 11.1. The van der Waals surface area contributed by atoms with Crippen LogP contribution in [-0.2, 0) is 22.4 Å². The fourth-order valence-electron chi connectivity index (χ4n) is 4.78. The predicted molar refractivity (Wildman–Crippen MR) is 122 cm³/mol. The number of carbonyl (C=O) groups excluding carboxylic acids is 2. The Labute approximate surface area is 187 Å². The minimum Gasteiger partial charge on any atom is -0.496 e. The highest BCUT2D eigenvalue weighted by molar-refractivity contribution is 5.98. The molecule has 1 saturated heterocycles. The van der Waals surface area contributed by atoms with E-state index in [2.05, 4.69) is 24.4 Å². The van der Waals surface area contributed by atoms with E-state index in [1.54, 1.807) is 7.11 Å². The number of nitrogens with one attached hydrogen (secondary N) is 1. The second kappa shape index (κ2) is 10.6. The number of nitrogens with zero attached hydrogens (tertiary/aromatic N) is 1. The summed E-state index contributed by atoms with van der Waals surface area (Å²) in [6, 6.07) is 7.18. The maximum absolute atomic E-state index is 12.3. The zero-order chi connectivity index (χ0) is 21.0. The summed E-state index contributed by atoms with van der Waals surface area (Å²) in [6.07, 6.45) is 7.03. The van der Waals surface area contributed by atoms with E-state index in [4.69, 9.17) is 4.74 Å². The van der Waals surface area contributed by atoms with Gasteiger partial charge >= 0.3 is 0 Å². The van der Waals surface area contributed by atoms with Gasteiger partial charge in [-0.2, -0.15) is 0 Å². The molecular weight excluding hydrogens is 400 g/mol. The van der Waals surface area contributed by atoms with Crippen LogP contribution >= 0.6 is 12.4 Å². The summed E-state index contributed by atoms with van der Waals surface area (Å²) in [6.45, 7) is 6.74. The number of imide groups is 1. The second-order valence-electron chi connectivity index (χ2n) is 9.41. The lowest BCUT2D eigenvalue weighted by molar-refractivity contribution is -0.152. The highest BCUT2D eigenvalue weighted by Crippen LogP contribution is 2.32. The average Bonchev–Trinajstić information content (AvgIpc) is 2.67. The molecule has 2 unspecified atom stereocenters. The molecule has 6 heteroatoms. The lowest BCUT2D eigenvalue weighted by Gasteiger charge is -2.35. The monoisotopic (exact) mass is 436 g/mol. The van der Waals surface area contributed by atoms with Gasteiger partial charge in [0.05, 0.1) is 7.11 Å². The van der Waals surface area contributed by atoms with Crippen molar-refractivity contribution >= 4 is 24.2 Å². The number of fused-ring (bicyclic) bond motifs is 1. The Bertz CT molecular complexity index is 716. The summed E-state index contributed by atoms with van der Waals surface area (Å²) < 4.78 is 5.56. The van der Waals surface area contributed by atoms with Crippen molar-refractivity contribution in [2.45, 2.75) is 84.2 Å². The molecule has 0 bridgehead atoms. The number of aryl methyl sites for hydroxylation is 1. The van der Waals surface area contributed by atoms with Crippen LogP contribution in [0.5, 0.6) is 5.75 Å². The topological polar surface area (TPSA) is 58.6 Å². The molecule has 0 saturated carbocycles. The maximum Gasteiger partial charge on any atom is 0.229 e. The van der Waals surface area contributed by atoms with Gasteiger partial charge < -0.3 is 10.1 Å². The van der Waals surface area contributed by atoms with Gasteiger partial charge in [-0.1, -0.05) is 32.9 Å². The van der Waals surface area contributed by atoms with Crippen LogP contribution in [0.1, 0.15) is 70.4 Å². The Morgan fingerprint density at radius 2 is 1.93 bits per heavy atom. The Hall–Kier alpha value is -1.59. The summed E-state index contributed by atoms with van der Waals surface area (Å²) >= 11 is 0. The molecular formula is C24H37ClN2O3. The molecule has 2 aliphatic rings. The highest BCUT2D eigenvalue weighted by atomic mass is 35.5. The first-order chi connectivity index (χ1) is 13.8. The minimum absolute atomic E-state index is 0. The van der Waals surface area contributed by atoms with Crippen LogP contribution in [0.2, 0.25) is 0 Å². The van der Waals surface area contributed by atoms with Crippen LogP contribution in [0, 0.1) is 5.41 Å². The van der Waals surface area contributed by atoms with Crippen molar-refractivity contribution in [2.75, 3.05) is 13.7 Å². The molecule has 5 nitrogen and oxygen atoms in total. The van der Waals surface area contributed by atoms with E-state index in [9.17, 15) is 9.59 Å². The van der Waals surface area contributed by atoms with Gasteiger partial charge in [0.2, 0.25) is 11.8 Å². The van der Waals surface area contributed by atoms with Crippen molar-refractivity contribution < 1.29 is 14.3 Å². The maximum atomic E-state index is 12.3. The smallest absolute Gasteiger partial charge is 0.229 e. The van der Waals surface area contributed by atoms with E-state index in [-0.39, 0.29) is 29.6 Å². The van der Waals surface area contributed by atoms with E-state index < -0.39 is 0 Å². The molecule has 3 rings (SSSR count). The summed E-state index contributed by atoms with van der Waals surface area (Å²) in [5.41, 5.74) is 2.54. The molecule has 1 heterocycles. The summed E-state index contributed by atoms with van der Waals surface area (Å²) in [5, 5.41) is 3.83. The molecule has 1 aromatic carbocycles. The van der Waals surface area contributed by atoms with E-state index in [0.29, 0.717) is 31.5 Å². The SMILES string of the molecule is CCC(CCCN1C(=O)CC(C)(C)CC1=O)NC1CCc2cccc(OC)c2C1.Cl. The molecule has 1 aromatic rings. The van der Waals surface area contributed by atoms with Crippen LogP contribution in [0.25, 0.3) is 0 Å². The van der Waals surface area contributed by atoms with Gasteiger partial charge in [0, 0.05) is 31.5 Å². The van der Waals surface area contributed by atoms with Gasteiger partial charge in [0.1, 0.15) is 5.75 Å². The number of methoxy groups -OCH3 is 1. The van der Waals surface area contributed by atoms with Crippen molar-refractivity contribution in [3.8, 4) is 5.75 Å². The van der Waals surface area contributed by atoms with Crippen molar-refractivity contribution in [3.05, 3.63) is 29.3 Å². The third-order valence-electron chi connectivity index (χ3n) is 6.42. The molecule has 168 valence electrons. The van der Waals surface area contributed by atoms with E-state index in [1.165, 1.54) is 16.0 Å². The quantitative estimate of drug-likeness (QED) is 0.617. The molecule has 2 atom stereocenters. The van der Waals surface area contributed by atoms with Gasteiger partial charge in [-0.25, -0.2) is 0 Å². The Morgan fingerprint density at radius 3 is 2.57 bits per heavy atom. The number of likely N-dealkylation sites (tertiary alicyclic amines) is 1. The number of piperidine rings is 1. The number of benzene rings is 1. The van der Waals surface area contributed by atoms with Gasteiger partial charge in [0.15, 0.2) is 0 Å². The molecule has 30 heavy (non-hydrogen) atoms. The number of halogens is 1. The molecule has 0 spiro atoms. The summed E-state index contributed by atoms with van der Waals surface area (Å²) in [5.74, 6) is 0.971. The lowest BCUT2D eigenvalue weighted by atomic mass is 9.81. The number of rotatable bonds is 8. The predicted octanol–water partition coefficient (Wildman–Crippen LogP) is 4.30. The van der Waals surface area contributed by atoms with Crippen LogP contribution < -0.4 is 10.1 Å². The Kier molecular flexibility index (Phi) is 8.74. The van der Waals surface area contributed by atoms with Crippen molar-refractivity contribution in [1.29, 1.82) is 0 Å². The average molecular weight is 437 g/mol. The van der Waals surface area contributed by atoms with Gasteiger partial charge in [-0.05, 0) is 61.1 Å². The standard InChI is InChI=1S/C24H36N2O3.ClH/c1-5-18(9-7-13-26-22(27)15-24(2,3)16-23(26)28)25-19-12-11-17-8-6-10-21(29-4)20(17)14-19;/h6,8,10,18-19,25H,5,7,9,11-16H2,1-4H3;1H. The number of hydrogen-bond acceptors (Lipinski definition) is 4. The van der Waals surface area contributed by atoms with Crippen LogP contribution in [0.4, 0.5) is 0 Å². The van der Waals surface area contributed by atoms with Gasteiger partial charge in [-0.15, -0.1) is 12.4 Å². The number of ether oxygens (including phenoxy) is 1. The van der Waals surface area contributed by atoms with Gasteiger partial charge in [0.25, 0.3) is 0 Å². The summed E-state index contributed by atoms with van der Waals surface area (Å²) in [4.78, 5) is 26.2. The molecule has 1 N–H and O–H groups in total. The highest BCUT2D eigenvalue weighted by Gasteiger charge is 2.37. The second-order valence-corrected chi connectivity index (χ2v) is 9.41.